The lowest BCUT2D eigenvalue weighted by atomic mass is 10.5. The van der Waals surface area contributed by atoms with Crippen molar-refractivity contribution in [3.63, 3.8) is 0 Å². The smallest absolute Gasteiger partial charge is 0.359 e. The minimum Gasteiger partial charge on any atom is -0.359 e. The highest BCUT2D eigenvalue weighted by Crippen LogP contribution is 2.37. The molecule has 1 atom stereocenters. The fraction of sp³-hybridized carbons (Fsp3) is 0.714. The van der Waals surface area contributed by atoms with E-state index in [9.17, 15) is 25.2 Å². The first-order chi connectivity index (χ1) is 16.3. The summed E-state index contributed by atoms with van der Waals surface area (Å²) >= 11 is 0. The molecule has 0 aromatic carbocycles. The molecule has 0 saturated carbocycles. The highest BCUT2D eigenvalue weighted by molar-refractivity contribution is 7.46. The van der Waals surface area contributed by atoms with E-state index in [1.807, 2.05) is 0 Å². The van der Waals surface area contributed by atoms with Gasteiger partial charge in [-0.2, -0.15) is 0 Å². The molecule has 0 radical (unpaired) electrons. The van der Waals surface area contributed by atoms with E-state index in [0.29, 0.717) is 6.17 Å². The van der Waals surface area contributed by atoms with E-state index in [1.165, 1.54) is 0 Å². The van der Waals surface area contributed by atoms with Crippen molar-refractivity contribution in [1.82, 2.24) is 9.80 Å². The summed E-state index contributed by atoms with van der Waals surface area (Å²) in [6.45, 7) is 5.46. The third kappa shape index (κ3) is 221. The van der Waals surface area contributed by atoms with Gasteiger partial charge in [-0.1, -0.05) is 0 Å². The maximum atomic E-state index is 10.4. The molecule has 0 aliphatic carbocycles. The van der Waals surface area contributed by atoms with Crippen molar-refractivity contribution < 1.29 is 111 Å². The Morgan fingerprint density at radius 1 is 0.538 bits per heavy atom. The van der Waals surface area contributed by atoms with E-state index < -0.39 is 47.4 Å². The molecule has 12 N–H and O–H groups in total. The summed E-state index contributed by atoms with van der Waals surface area (Å²) in [6, 6.07) is 0. The SMILES string of the molecule is CCN1C=CN(C)C1C.O=P(O)(O)F.O=P(O)(O)F.O=P(O)(O)F.O=P(O)(O)F.O=P(O)(O)F.O=P(O)(O)F. The molecule has 1 aliphatic heterocycles. The van der Waals surface area contributed by atoms with Gasteiger partial charge in [-0.05, 0) is 13.8 Å². The fourth-order valence-corrected chi connectivity index (χ4v) is 1.04. The molecule has 0 bridgehead atoms. The number of hydrogen-bond donors (Lipinski definition) is 12. The standard InChI is InChI=1S/C7H14N2.6FH2O3P/c1-4-9-6-5-8(3)7(9)2;6*1-5(2,3)4/h5-7H,4H2,1-3H3;6*(H2,2,3,4). The van der Waals surface area contributed by atoms with Gasteiger partial charge in [0.1, 0.15) is 0 Å². The summed E-state index contributed by atoms with van der Waals surface area (Å²) in [5.41, 5.74) is 0. The lowest BCUT2D eigenvalue weighted by Crippen LogP contribution is -2.33. The van der Waals surface area contributed by atoms with Crippen molar-refractivity contribution in [3.05, 3.63) is 12.4 Å². The Morgan fingerprint density at radius 3 is 0.744 bits per heavy atom. The third-order valence-electron chi connectivity index (χ3n) is 1.93. The Kier molecular flexibility index (Phi) is 29.6. The van der Waals surface area contributed by atoms with Crippen LogP contribution in [0.5, 0.6) is 0 Å². The molecule has 0 amide bonds. The molecule has 1 rings (SSSR count). The van der Waals surface area contributed by atoms with Gasteiger partial charge in [-0.15, -0.1) is 25.2 Å². The summed E-state index contributed by atoms with van der Waals surface area (Å²) in [5.74, 6) is 0. The summed E-state index contributed by atoms with van der Waals surface area (Å²) in [5, 5.41) is 0. The van der Waals surface area contributed by atoms with Crippen LogP contribution in [0.2, 0.25) is 0 Å². The fourth-order valence-electron chi connectivity index (χ4n) is 1.04. The van der Waals surface area contributed by atoms with Crippen LogP contribution >= 0.6 is 47.4 Å². The highest BCUT2D eigenvalue weighted by atomic mass is 31.2. The van der Waals surface area contributed by atoms with Gasteiger partial charge in [0.15, 0.2) is 0 Å². The third-order valence-corrected chi connectivity index (χ3v) is 1.93. The molecule has 32 heteroatoms. The predicted octanol–water partition coefficient (Wildman–Crippen LogP) is 1.36. The molecule has 0 aromatic heterocycles. The topological polar surface area (TPSA) is 352 Å². The lowest BCUT2D eigenvalue weighted by molar-refractivity contribution is 0.203. The molecule has 0 spiro atoms. The van der Waals surface area contributed by atoms with Crippen LogP contribution in [-0.2, 0) is 27.4 Å². The van der Waals surface area contributed by atoms with Crippen LogP contribution < -0.4 is 0 Å². The van der Waals surface area contributed by atoms with E-state index in [0.717, 1.165) is 6.54 Å². The minimum absolute atomic E-state index is 0.551. The molecular formula is C7H26F6N2O18P6. The van der Waals surface area contributed by atoms with Gasteiger partial charge in [0.25, 0.3) is 0 Å². The largest absolute Gasteiger partial charge is 0.507 e. The molecule has 0 fully saturated rings. The second-order valence-corrected chi connectivity index (χ2v) is 10.9. The summed E-state index contributed by atoms with van der Waals surface area (Å²) in [6.07, 6.45) is 4.79. The van der Waals surface area contributed by atoms with E-state index >= 15 is 0 Å². The van der Waals surface area contributed by atoms with Gasteiger partial charge in [-0.3, -0.25) is 58.7 Å². The van der Waals surface area contributed by atoms with Crippen molar-refractivity contribution in [3.8, 4) is 0 Å². The monoisotopic (exact) mass is 726 g/mol. The van der Waals surface area contributed by atoms with Crippen LogP contribution in [0.3, 0.4) is 0 Å². The molecule has 1 aliphatic rings. The summed E-state index contributed by atoms with van der Waals surface area (Å²) in [4.78, 5) is 88.1. The molecule has 20 nitrogen and oxygen atoms in total. The van der Waals surface area contributed by atoms with E-state index in [2.05, 4.69) is 43.1 Å². The zero-order valence-electron chi connectivity index (χ0n) is 19.1. The lowest BCUT2D eigenvalue weighted by Gasteiger charge is -2.25. The van der Waals surface area contributed by atoms with E-state index in [1.54, 1.807) is 0 Å². The van der Waals surface area contributed by atoms with Gasteiger partial charge in [0, 0.05) is 26.0 Å². The van der Waals surface area contributed by atoms with Crippen molar-refractivity contribution in [2.24, 2.45) is 0 Å². The van der Waals surface area contributed by atoms with Crippen molar-refractivity contribution in [1.29, 1.82) is 0 Å². The second-order valence-electron chi connectivity index (χ2n) is 5.26. The Balaban J connectivity index is -0.0000000830. The number of nitrogens with zero attached hydrogens (tertiary/aromatic N) is 2. The highest BCUT2D eigenvalue weighted by Gasteiger charge is 2.15. The van der Waals surface area contributed by atoms with Gasteiger partial charge in [0.05, 0.1) is 6.17 Å². The first-order valence-electron chi connectivity index (χ1n) is 7.92. The van der Waals surface area contributed by atoms with Crippen LogP contribution in [0, 0.1) is 0 Å². The molecule has 1 heterocycles. The average molecular weight is 726 g/mol. The number of rotatable bonds is 1. The second kappa shape index (κ2) is 22.4. The molecule has 0 aromatic rings. The van der Waals surface area contributed by atoms with Crippen molar-refractivity contribution in [2.75, 3.05) is 13.6 Å². The van der Waals surface area contributed by atoms with Crippen molar-refractivity contribution >= 4 is 47.4 Å². The zero-order chi connectivity index (χ0) is 33.9. The van der Waals surface area contributed by atoms with Gasteiger partial charge in [-0.25, -0.2) is 27.4 Å². The van der Waals surface area contributed by atoms with Crippen LogP contribution in [-0.4, -0.2) is 88.3 Å². The Bertz CT molecular complexity index is 732. The van der Waals surface area contributed by atoms with Crippen LogP contribution in [0.4, 0.5) is 25.2 Å². The van der Waals surface area contributed by atoms with Crippen LogP contribution in [0.15, 0.2) is 12.4 Å². The molecule has 39 heavy (non-hydrogen) atoms. The van der Waals surface area contributed by atoms with Gasteiger partial charge in [0.2, 0.25) is 0 Å². The van der Waals surface area contributed by atoms with Gasteiger partial charge < -0.3 is 9.80 Å². The maximum absolute atomic E-state index is 10.4. The first-order valence-corrected chi connectivity index (χ1v) is 16.9. The molecule has 244 valence electrons. The van der Waals surface area contributed by atoms with Crippen LogP contribution in [0.25, 0.3) is 0 Å². The summed E-state index contributed by atoms with van der Waals surface area (Å²) < 4.78 is 114. The average Bonchev–Trinajstić information content (AvgIpc) is 2.76. The Labute approximate surface area is 215 Å². The van der Waals surface area contributed by atoms with E-state index in [-0.39, 0.29) is 0 Å². The maximum Gasteiger partial charge on any atom is 0.507 e. The first kappa shape index (κ1) is 51.5. The normalized spacial score (nSPS) is 15.1. The van der Waals surface area contributed by atoms with Crippen LogP contribution in [0.1, 0.15) is 13.8 Å². The molecule has 0 saturated heterocycles. The molecule has 1 unspecified atom stereocenters. The molecular weight excluding hydrogens is 700 g/mol. The zero-order valence-corrected chi connectivity index (χ0v) is 24.5. The predicted molar refractivity (Wildman–Crippen MR) is 118 cm³/mol. The van der Waals surface area contributed by atoms with Crippen molar-refractivity contribution in [2.45, 2.75) is 20.0 Å². The Morgan fingerprint density at radius 2 is 0.692 bits per heavy atom. The quantitative estimate of drug-likeness (QED) is 0.134. The van der Waals surface area contributed by atoms with E-state index in [4.69, 9.17) is 86.1 Å². The number of halogens is 6. The Hall–Kier alpha value is -0.180. The summed E-state index contributed by atoms with van der Waals surface area (Å²) in [7, 11) is -28.7. The number of hydrogen-bond acceptors (Lipinski definition) is 8. The minimum atomic E-state index is -5.14. The van der Waals surface area contributed by atoms with Gasteiger partial charge >= 0.3 is 47.4 Å².